The van der Waals surface area contributed by atoms with Gasteiger partial charge < -0.3 is 4.74 Å². The van der Waals surface area contributed by atoms with E-state index in [1.54, 1.807) is 9.34 Å². The molecule has 6 nitrogen and oxygen atoms in total. The van der Waals surface area contributed by atoms with Crippen LogP contribution in [0.2, 0.25) is 0 Å². The molecule has 0 aliphatic heterocycles. The number of ether oxygens (including phenoxy) is 1. The van der Waals surface area contributed by atoms with Crippen LogP contribution in [0, 0.1) is 5.92 Å². The van der Waals surface area contributed by atoms with Crippen LogP contribution in [-0.4, -0.2) is 56.1 Å². The van der Waals surface area contributed by atoms with Crippen molar-refractivity contribution in [2.75, 3.05) is 34.8 Å². The highest BCUT2D eigenvalue weighted by atomic mass is 31.2. The largest absolute Gasteiger partial charge is 0.466 e. The van der Waals surface area contributed by atoms with Gasteiger partial charge in [0.15, 0.2) is 0 Å². The van der Waals surface area contributed by atoms with E-state index in [0.29, 0.717) is 18.9 Å². The van der Waals surface area contributed by atoms with Crippen molar-refractivity contribution in [3.8, 4) is 0 Å². The number of hydrogen-bond donors (Lipinski definition) is 1. The maximum atomic E-state index is 13.0. The monoisotopic (exact) mass is 333 g/mol. The average molecular weight is 333 g/mol. The highest BCUT2D eigenvalue weighted by Crippen LogP contribution is 2.47. The molecule has 0 amide bonds. The summed E-state index contributed by atoms with van der Waals surface area (Å²) in [5.41, 5.74) is 0. The second-order valence-electron chi connectivity index (χ2n) is 6.44. The molecule has 0 aromatic carbocycles. The summed E-state index contributed by atoms with van der Waals surface area (Å²) < 4.78 is 21.5. The first kappa shape index (κ1) is 19.6. The number of hydrogen-bond acceptors (Lipinski definition) is 3. The summed E-state index contributed by atoms with van der Waals surface area (Å²) in [6.07, 6.45) is 5.64. The van der Waals surface area contributed by atoms with Gasteiger partial charge in [0.25, 0.3) is 7.59 Å². The summed E-state index contributed by atoms with van der Waals surface area (Å²) in [6.45, 7) is 2.28. The Morgan fingerprint density at radius 2 is 1.86 bits per heavy atom. The predicted molar refractivity (Wildman–Crippen MR) is 89.7 cm³/mol. The summed E-state index contributed by atoms with van der Waals surface area (Å²) in [4.78, 5) is 11.5. The molecular weight excluding hydrogens is 301 g/mol. The van der Waals surface area contributed by atoms with Crippen LogP contribution in [0.3, 0.4) is 0 Å². The van der Waals surface area contributed by atoms with Crippen LogP contribution in [0.4, 0.5) is 0 Å². The van der Waals surface area contributed by atoms with Crippen LogP contribution in [0.1, 0.15) is 45.4 Å². The maximum Gasteiger partial charge on any atom is 0.305 e. The molecule has 0 spiro atoms. The molecule has 1 aliphatic carbocycles. The van der Waals surface area contributed by atoms with Crippen LogP contribution < -0.4 is 5.09 Å². The zero-order valence-corrected chi connectivity index (χ0v) is 15.6. The van der Waals surface area contributed by atoms with Crippen molar-refractivity contribution in [1.29, 1.82) is 0 Å². The van der Waals surface area contributed by atoms with Crippen LogP contribution >= 0.6 is 7.59 Å². The number of carbonyl (C=O) groups is 1. The quantitative estimate of drug-likeness (QED) is 0.544. The van der Waals surface area contributed by atoms with Crippen molar-refractivity contribution < 1.29 is 14.1 Å². The number of rotatable bonds is 8. The molecule has 0 aromatic heterocycles. The van der Waals surface area contributed by atoms with E-state index in [1.807, 2.05) is 35.1 Å². The minimum Gasteiger partial charge on any atom is -0.466 e. The maximum absolute atomic E-state index is 13.0. The van der Waals surface area contributed by atoms with Crippen molar-refractivity contribution in [2.45, 2.75) is 51.5 Å². The van der Waals surface area contributed by atoms with E-state index >= 15 is 0 Å². The molecule has 0 heterocycles. The third-order valence-corrected chi connectivity index (χ3v) is 7.15. The summed E-state index contributed by atoms with van der Waals surface area (Å²) >= 11 is 0. The van der Waals surface area contributed by atoms with Crippen LogP contribution in [0.25, 0.3) is 0 Å². The van der Waals surface area contributed by atoms with Crippen LogP contribution in [0.15, 0.2) is 0 Å². The first-order valence-electron chi connectivity index (χ1n) is 8.18. The SMILES string of the molecule is CCOC(=O)CC[C@@H]1CCC[C@H](NP(=O)(N(C)C)N(C)C)C1. The topological polar surface area (TPSA) is 61.9 Å². The van der Waals surface area contributed by atoms with Gasteiger partial charge in [-0.25, -0.2) is 14.4 Å². The van der Waals surface area contributed by atoms with Crippen molar-refractivity contribution in [1.82, 2.24) is 14.4 Å². The zero-order chi connectivity index (χ0) is 16.8. The van der Waals surface area contributed by atoms with Gasteiger partial charge in [-0.1, -0.05) is 12.8 Å². The Kier molecular flexibility index (Phi) is 8.04. The van der Waals surface area contributed by atoms with E-state index < -0.39 is 7.59 Å². The van der Waals surface area contributed by atoms with E-state index in [0.717, 1.165) is 32.1 Å². The zero-order valence-electron chi connectivity index (χ0n) is 14.7. The van der Waals surface area contributed by atoms with Crippen molar-refractivity contribution in [3.63, 3.8) is 0 Å². The number of nitrogens with zero attached hydrogens (tertiary/aromatic N) is 2. The lowest BCUT2D eigenvalue weighted by molar-refractivity contribution is -0.143. The number of carbonyl (C=O) groups excluding carboxylic acids is 1. The first-order chi connectivity index (χ1) is 10.3. The lowest BCUT2D eigenvalue weighted by atomic mass is 9.83. The first-order valence-corrected chi connectivity index (χ1v) is 9.79. The Bertz CT molecular complexity index is 389. The molecule has 1 fully saturated rings. The van der Waals surface area contributed by atoms with E-state index in [2.05, 4.69) is 5.09 Å². The standard InChI is InChI=1S/C15H32N3O3P/c1-6-21-15(19)11-10-13-8-7-9-14(12-13)16-22(20,17(2)3)18(4)5/h13-14H,6-12H2,1-5H3,(H,16,20)/t13-,14-/m0/s1. The molecule has 7 heteroatoms. The lowest BCUT2D eigenvalue weighted by Crippen LogP contribution is -2.39. The van der Waals surface area contributed by atoms with Gasteiger partial charge in [0.2, 0.25) is 0 Å². The summed E-state index contributed by atoms with van der Waals surface area (Å²) in [7, 11) is 4.69. The van der Waals surface area contributed by atoms with Gasteiger partial charge in [0.1, 0.15) is 0 Å². The minimum atomic E-state index is -2.68. The Balaban J connectivity index is 2.52. The number of nitrogens with one attached hydrogen (secondary N) is 1. The average Bonchev–Trinajstić information content (AvgIpc) is 2.45. The Labute approximate surface area is 135 Å². The Morgan fingerprint density at radius 1 is 1.23 bits per heavy atom. The molecule has 0 bridgehead atoms. The van der Waals surface area contributed by atoms with Crippen molar-refractivity contribution in [2.24, 2.45) is 5.92 Å². The van der Waals surface area contributed by atoms with Crippen LogP contribution in [-0.2, 0) is 14.1 Å². The fourth-order valence-corrected chi connectivity index (χ4v) is 4.94. The van der Waals surface area contributed by atoms with Gasteiger partial charge in [-0.2, -0.15) is 0 Å². The molecule has 1 aliphatic rings. The lowest BCUT2D eigenvalue weighted by Gasteiger charge is -2.37. The number of esters is 1. The molecule has 2 atom stereocenters. The van der Waals surface area contributed by atoms with E-state index in [1.165, 1.54) is 0 Å². The van der Waals surface area contributed by atoms with Crippen LogP contribution in [0.5, 0.6) is 0 Å². The molecular formula is C15H32N3O3P. The van der Waals surface area contributed by atoms with Gasteiger partial charge in [-0.05, 0) is 60.3 Å². The molecule has 1 N–H and O–H groups in total. The summed E-state index contributed by atoms with van der Waals surface area (Å²) in [5, 5.41) is 3.37. The normalized spacial score (nSPS) is 23.0. The van der Waals surface area contributed by atoms with Crippen molar-refractivity contribution >= 4 is 13.6 Å². The van der Waals surface area contributed by atoms with E-state index in [-0.39, 0.29) is 12.0 Å². The molecule has 0 radical (unpaired) electrons. The second kappa shape index (κ2) is 9.02. The molecule has 0 unspecified atom stereocenters. The van der Waals surface area contributed by atoms with Gasteiger partial charge in [-0.15, -0.1) is 0 Å². The Hall–Kier alpha value is -0.420. The van der Waals surface area contributed by atoms with E-state index in [4.69, 9.17) is 4.74 Å². The molecule has 1 saturated carbocycles. The second-order valence-corrected chi connectivity index (χ2v) is 9.39. The molecule has 22 heavy (non-hydrogen) atoms. The smallest absolute Gasteiger partial charge is 0.305 e. The third-order valence-electron chi connectivity index (χ3n) is 4.28. The van der Waals surface area contributed by atoms with Gasteiger partial charge in [0, 0.05) is 12.5 Å². The molecule has 130 valence electrons. The predicted octanol–water partition coefficient (Wildman–Crippen LogP) is 2.71. The minimum absolute atomic E-state index is 0.107. The molecule has 0 aromatic rings. The van der Waals surface area contributed by atoms with Crippen molar-refractivity contribution in [3.05, 3.63) is 0 Å². The third kappa shape index (κ3) is 5.65. The molecule has 1 rings (SSSR count). The highest BCUT2D eigenvalue weighted by Gasteiger charge is 2.33. The molecule has 0 saturated heterocycles. The Morgan fingerprint density at radius 3 is 2.41 bits per heavy atom. The van der Waals surface area contributed by atoms with Gasteiger partial charge in [-0.3, -0.25) is 9.36 Å². The fraction of sp³-hybridized carbons (Fsp3) is 0.933. The fourth-order valence-electron chi connectivity index (χ4n) is 3.05. The van der Waals surface area contributed by atoms with E-state index in [9.17, 15) is 9.36 Å². The van der Waals surface area contributed by atoms with Gasteiger partial charge >= 0.3 is 5.97 Å². The highest BCUT2D eigenvalue weighted by molar-refractivity contribution is 7.56. The van der Waals surface area contributed by atoms with Gasteiger partial charge in [0.05, 0.1) is 6.61 Å². The summed E-state index contributed by atoms with van der Waals surface area (Å²) in [5.74, 6) is 0.401. The summed E-state index contributed by atoms with van der Waals surface area (Å²) in [6, 6.07) is 0.247.